The van der Waals surface area contributed by atoms with Crippen molar-refractivity contribution >= 4 is 23.9 Å². The van der Waals surface area contributed by atoms with Crippen LogP contribution in [0.3, 0.4) is 0 Å². The van der Waals surface area contributed by atoms with Crippen molar-refractivity contribution in [2.24, 2.45) is 17.3 Å². The normalized spacial score (nSPS) is 33.1. The van der Waals surface area contributed by atoms with Gasteiger partial charge in [-0.25, -0.2) is 14.4 Å². The van der Waals surface area contributed by atoms with Gasteiger partial charge >= 0.3 is 23.9 Å². The summed E-state index contributed by atoms with van der Waals surface area (Å²) in [5.74, 6) is -4.09. The number of benzene rings is 3. The first-order valence-corrected chi connectivity index (χ1v) is 16.1. The maximum Gasteiger partial charge on any atom is 0.338 e. The Bertz CT molecular complexity index is 1680. The zero-order valence-electron chi connectivity index (χ0n) is 27.5. The van der Waals surface area contributed by atoms with E-state index in [4.69, 9.17) is 23.7 Å². The van der Waals surface area contributed by atoms with E-state index in [-0.39, 0.29) is 23.1 Å². The highest BCUT2D eigenvalue weighted by Crippen LogP contribution is 2.68. The smallest absolute Gasteiger partial charge is 0.338 e. The van der Waals surface area contributed by atoms with Crippen molar-refractivity contribution in [3.05, 3.63) is 108 Å². The van der Waals surface area contributed by atoms with Crippen LogP contribution in [-0.4, -0.2) is 70.7 Å². The van der Waals surface area contributed by atoms with Crippen LogP contribution in [0.4, 0.5) is 0 Å². The van der Waals surface area contributed by atoms with Gasteiger partial charge in [-0.15, -0.1) is 0 Å². The van der Waals surface area contributed by atoms with Gasteiger partial charge in [0.25, 0.3) is 0 Å². The minimum Gasteiger partial charge on any atom is -0.459 e. The average molecular weight is 657 g/mol. The van der Waals surface area contributed by atoms with Crippen molar-refractivity contribution in [1.29, 1.82) is 0 Å². The number of esters is 4. The second kappa shape index (κ2) is 12.5. The molecule has 1 aliphatic heterocycles. The van der Waals surface area contributed by atoms with Crippen LogP contribution in [-0.2, 0) is 28.5 Å². The summed E-state index contributed by atoms with van der Waals surface area (Å²) >= 11 is 0. The fraction of sp³-hybridized carbons (Fsp3) is 0.421. The van der Waals surface area contributed by atoms with E-state index in [1.54, 1.807) is 112 Å². The molecule has 3 aromatic rings. The number of rotatable bonds is 7. The van der Waals surface area contributed by atoms with Crippen LogP contribution in [0.1, 0.15) is 72.1 Å². The lowest BCUT2D eigenvalue weighted by Crippen LogP contribution is -2.79. The molecule has 3 aromatic carbocycles. The molecule has 2 bridgehead atoms. The van der Waals surface area contributed by atoms with E-state index in [1.165, 1.54) is 6.92 Å². The minimum absolute atomic E-state index is 0.108. The lowest BCUT2D eigenvalue weighted by atomic mass is 9.47. The Morgan fingerprint density at radius 2 is 1.10 bits per heavy atom. The fourth-order valence-electron chi connectivity index (χ4n) is 8.43. The van der Waals surface area contributed by atoms with Gasteiger partial charge in [0.05, 0.1) is 39.7 Å². The maximum atomic E-state index is 13.9. The molecule has 48 heavy (non-hydrogen) atoms. The first-order valence-electron chi connectivity index (χ1n) is 16.1. The second-order valence-corrected chi connectivity index (χ2v) is 13.7. The van der Waals surface area contributed by atoms with Crippen molar-refractivity contribution in [3.8, 4) is 0 Å². The van der Waals surface area contributed by atoms with Gasteiger partial charge in [0.1, 0.15) is 23.9 Å². The molecule has 10 nitrogen and oxygen atoms in total. The number of aliphatic hydroxyl groups excluding tert-OH is 1. The molecule has 252 valence electrons. The summed E-state index contributed by atoms with van der Waals surface area (Å²) in [6.07, 6.45) is -6.18. The molecule has 5 unspecified atom stereocenters. The summed E-state index contributed by atoms with van der Waals surface area (Å²) < 4.78 is 32.1. The molecule has 10 heteroatoms. The van der Waals surface area contributed by atoms with Crippen LogP contribution in [0.2, 0.25) is 0 Å². The number of hydrogen-bond acceptors (Lipinski definition) is 10. The van der Waals surface area contributed by atoms with Crippen LogP contribution in [0.5, 0.6) is 0 Å². The monoisotopic (exact) mass is 656 g/mol. The van der Waals surface area contributed by atoms with E-state index in [0.717, 1.165) is 0 Å². The van der Waals surface area contributed by atoms with Gasteiger partial charge in [-0.3, -0.25) is 4.79 Å². The van der Waals surface area contributed by atoms with Gasteiger partial charge in [-0.2, -0.15) is 0 Å². The molecule has 0 aromatic heterocycles. The predicted molar refractivity (Wildman–Crippen MR) is 172 cm³/mol. The minimum atomic E-state index is -1.63. The third kappa shape index (κ3) is 5.37. The molecule has 1 heterocycles. The summed E-state index contributed by atoms with van der Waals surface area (Å²) in [7, 11) is 0. The second-order valence-electron chi connectivity index (χ2n) is 13.7. The third-order valence-corrected chi connectivity index (χ3v) is 10.4. The van der Waals surface area contributed by atoms with Crippen molar-refractivity contribution in [2.75, 3.05) is 0 Å². The third-order valence-electron chi connectivity index (χ3n) is 10.4. The van der Waals surface area contributed by atoms with Gasteiger partial charge in [0.15, 0.2) is 6.10 Å². The van der Waals surface area contributed by atoms with Gasteiger partial charge in [0, 0.05) is 6.92 Å². The molecule has 3 aliphatic rings. The van der Waals surface area contributed by atoms with Gasteiger partial charge < -0.3 is 28.8 Å². The SMILES string of the molecule is CC(=O)OC1[C@H]2C(OC(=O)c3ccccc3)C(OC(=O)c3ccccc3)[C@]3(C)C(OC(=O)c4ccccc4)C(O)C[C@H](C)[C@@]13OC2(C)C. The van der Waals surface area contributed by atoms with E-state index >= 15 is 0 Å². The van der Waals surface area contributed by atoms with E-state index < -0.39 is 82.8 Å². The lowest BCUT2D eigenvalue weighted by molar-refractivity contribution is -0.310. The number of aliphatic hydroxyl groups is 1. The fourth-order valence-corrected chi connectivity index (χ4v) is 8.43. The molecule has 1 spiro atoms. The van der Waals surface area contributed by atoms with Crippen LogP contribution < -0.4 is 0 Å². The van der Waals surface area contributed by atoms with Crippen LogP contribution in [0.25, 0.3) is 0 Å². The molecule has 3 fully saturated rings. The summed E-state index contributed by atoms with van der Waals surface area (Å²) in [6, 6.07) is 25.0. The standard InChI is InChI=1S/C38H40O10/c1-22-21-27(40)30(46-34(42)25-17-11-7-12-18-25)37(5)32(47-35(43)26-19-13-8-14-20-26)29(45-33(41)24-15-9-6-10-16-24)28-31(44-23(2)39)38(22,37)48-36(28,3)4/h6-20,22,27-32,40H,21H2,1-5H3/t22-,27?,28+,29?,30?,31?,32?,37-,38+/m0/s1. The van der Waals surface area contributed by atoms with Crippen molar-refractivity contribution in [3.63, 3.8) is 0 Å². The summed E-state index contributed by atoms with van der Waals surface area (Å²) in [5, 5.41) is 11.8. The summed E-state index contributed by atoms with van der Waals surface area (Å²) in [4.78, 5) is 54.3. The molecule has 1 saturated heterocycles. The highest BCUT2D eigenvalue weighted by molar-refractivity contribution is 5.91. The first kappa shape index (κ1) is 33.4. The summed E-state index contributed by atoms with van der Waals surface area (Å²) in [5.41, 5.74) is -3.50. The topological polar surface area (TPSA) is 135 Å². The maximum absolute atomic E-state index is 13.9. The first-order chi connectivity index (χ1) is 22.8. The molecule has 9 atom stereocenters. The molecule has 1 N–H and O–H groups in total. The van der Waals surface area contributed by atoms with Crippen LogP contribution >= 0.6 is 0 Å². The molecular weight excluding hydrogens is 616 g/mol. The Balaban J connectivity index is 1.57. The molecular formula is C38H40O10. The number of ether oxygens (including phenoxy) is 5. The quantitative estimate of drug-likeness (QED) is 0.268. The van der Waals surface area contributed by atoms with E-state index in [0.29, 0.717) is 0 Å². The van der Waals surface area contributed by atoms with E-state index in [1.807, 2.05) is 6.92 Å². The highest BCUT2D eigenvalue weighted by Gasteiger charge is 2.83. The largest absolute Gasteiger partial charge is 0.459 e. The molecule has 0 radical (unpaired) electrons. The zero-order valence-corrected chi connectivity index (χ0v) is 27.5. The number of carbonyl (C=O) groups is 4. The highest BCUT2D eigenvalue weighted by atomic mass is 16.6. The molecule has 6 rings (SSSR count). The van der Waals surface area contributed by atoms with Crippen molar-refractivity contribution in [1.82, 2.24) is 0 Å². The Kier molecular flexibility index (Phi) is 8.68. The number of fused-ring (bicyclic) bond motifs is 1. The van der Waals surface area contributed by atoms with Crippen molar-refractivity contribution in [2.45, 2.75) is 82.8 Å². The van der Waals surface area contributed by atoms with Gasteiger partial charge in [0.2, 0.25) is 0 Å². The van der Waals surface area contributed by atoms with E-state index in [9.17, 15) is 24.3 Å². The average Bonchev–Trinajstić information content (AvgIpc) is 3.27. The van der Waals surface area contributed by atoms with E-state index in [2.05, 4.69) is 0 Å². The lowest BCUT2D eigenvalue weighted by Gasteiger charge is -2.63. The Morgan fingerprint density at radius 1 is 0.667 bits per heavy atom. The Morgan fingerprint density at radius 3 is 1.56 bits per heavy atom. The molecule has 2 saturated carbocycles. The van der Waals surface area contributed by atoms with Gasteiger partial charge in [-0.1, -0.05) is 61.5 Å². The van der Waals surface area contributed by atoms with Crippen LogP contribution in [0, 0.1) is 17.3 Å². The van der Waals surface area contributed by atoms with Crippen LogP contribution in [0.15, 0.2) is 91.0 Å². The zero-order chi connectivity index (χ0) is 34.4. The molecule has 0 amide bonds. The number of hydrogen-bond donors (Lipinski definition) is 1. The summed E-state index contributed by atoms with van der Waals surface area (Å²) in [6.45, 7) is 8.43. The number of carbonyl (C=O) groups excluding carboxylic acids is 4. The Hall–Kier alpha value is -4.54. The predicted octanol–water partition coefficient (Wildman–Crippen LogP) is 5.18. The van der Waals surface area contributed by atoms with Crippen molar-refractivity contribution < 1.29 is 48.0 Å². The Labute approximate surface area is 279 Å². The molecule has 2 aliphatic carbocycles. The van der Waals surface area contributed by atoms with Gasteiger partial charge in [-0.05, 0) is 69.5 Å².